The monoisotopic (exact) mass is 563 g/mol. The Morgan fingerprint density at radius 3 is 2.05 bits per heavy atom. The minimum atomic E-state index is -3.09. The Labute approximate surface area is 228 Å². The summed E-state index contributed by atoms with van der Waals surface area (Å²) in [5.41, 5.74) is 5.41. The highest BCUT2D eigenvalue weighted by Crippen LogP contribution is 2.35. The second-order valence-electron chi connectivity index (χ2n) is 9.73. The average molecular weight is 564 g/mol. The lowest BCUT2D eigenvalue weighted by molar-refractivity contribution is -0.165. The van der Waals surface area contributed by atoms with Gasteiger partial charge in [-0.1, -0.05) is 36.4 Å². The first-order valence-corrected chi connectivity index (χ1v) is 14.5. The number of sulfonamides is 1. The van der Waals surface area contributed by atoms with E-state index >= 15 is 0 Å². The summed E-state index contributed by atoms with van der Waals surface area (Å²) in [6.07, 6.45) is -3.41. The van der Waals surface area contributed by atoms with Crippen LogP contribution in [-0.2, 0) is 26.2 Å². The summed E-state index contributed by atoms with van der Waals surface area (Å²) in [4.78, 5) is 24.3. The quantitative estimate of drug-likeness (QED) is 0.383. The summed E-state index contributed by atoms with van der Waals surface area (Å²) < 4.78 is 25.9. The fraction of sp³-hybridized carbons (Fsp3) is 0.481. The van der Waals surface area contributed by atoms with Crippen LogP contribution in [0.25, 0.3) is 0 Å². The van der Waals surface area contributed by atoms with E-state index in [0.29, 0.717) is 19.0 Å². The van der Waals surface area contributed by atoms with Crippen LogP contribution in [0.2, 0.25) is 0 Å². The minimum absolute atomic E-state index is 0.180. The number of aliphatic hydroxyl groups is 2. The molecule has 0 radical (unpaired) electrons. The number of carboxylic acid groups (broad SMARTS) is 2. The first-order chi connectivity index (χ1) is 18.4. The van der Waals surface area contributed by atoms with Gasteiger partial charge >= 0.3 is 11.9 Å². The molecule has 0 bridgehead atoms. The molecule has 0 aliphatic carbocycles. The van der Waals surface area contributed by atoms with Gasteiger partial charge in [-0.2, -0.15) is 4.31 Å². The van der Waals surface area contributed by atoms with Crippen LogP contribution in [0.15, 0.2) is 48.5 Å². The van der Waals surface area contributed by atoms with Crippen LogP contribution in [0.1, 0.15) is 36.0 Å². The second kappa shape index (κ2) is 13.4. The lowest BCUT2D eigenvalue weighted by Crippen LogP contribution is -2.49. The van der Waals surface area contributed by atoms with Gasteiger partial charge in [0.1, 0.15) is 0 Å². The number of anilines is 1. The lowest BCUT2D eigenvalue weighted by atomic mass is 9.86. The Bertz CT molecular complexity index is 1210. The number of aliphatic hydroxyl groups excluding tert-OH is 2. The summed E-state index contributed by atoms with van der Waals surface area (Å²) in [6.45, 7) is 6.38. The molecule has 39 heavy (non-hydrogen) atoms. The van der Waals surface area contributed by atoms with Crippen molar-refractivity contribution in [2.24, 2.45) is 0 Å². The van der Waals surface area contributed by atoms with E-state index in [9.17, 15) is 18.0 Å². The van der Waals surface area contributed by atoms with Gasteiger partial charge < -0.3 is 30.2 Å². The molecule has 214 valence electrons. The molecule has 12 heteroatoms. The van der Waals surface area contributed by atoms with Crippen molar-refractivity contribution >= 4 is 27.6 Å². The van der Waals surface area contributed by atoms with Crippen LogP contribution < -0.4 is 4.90 Å². The zero-order chi connectivity index (χ0) is 28.7. The number of benzene rings is 2. The van der Waals surface area contributed by atoms with Gasteiger partial charge in [0, 0.05) is 44.3 Å². The summed E-state index contributed by atoms with van der Waals surface area (Å²) in [5, 5.41) is 32.5. The van der Waals surface area contributed by atoms with Crippen LogP contribution in [0, 0.1) is 0 Å². The Morgan fingerprint density at radius 2 is 1.51 bits per heavy atom. The highest BCUT2D eigenvalue weighted by Gasteiger charge is 2.29. The SMILES string of the molecule is CCS(=O)(=O)N1CCN(c2ccc3c(c2)CN(C)CCC3c2ccccc2)CC1.O=C(O)[C@H](O)[C@@H](O)C(=O)O. The van der Waals surface area contributed by atoms with E-state index in [2.05, 4.69) is 65.4 Å². The molecule has 0 saturated carbocycles. The molecule has 1 saturated heterocycles. The molecule has 3 atom stereocenters. The van der Waals surface area contributed by atoms with E-state index in [1.165, 1.54) is 22.4 Å². The highest BCUT2D eigenvalue weighted by atomic mass is 32.2. The second-order valence-corrected chi connectivity index (χ2v) is 12.0. The molecule has 2 aliphatic heterocycles. The van der Waals surface area contributed by atoms with Crippen molar-refractivity contribution in [2.45, 2.75) is 38.0 Å². The first kappa shape index (κ1) is 30.5. The fourth-order valence-corrected chi connectivity index (χ4v) is 5.93. The van der Waals surface area contributed by atoms with Crippen LogP contribution in [0.3, 0.4) is 0 Å². The third kappa shape index (κ3) is 7.76. The van der Waals surface area contributed by atoms with Gasteiger partial charge in [0.15, 0.2) is 12.2 Å². The molecule has 4 N–H and O–H groups in total. The van der Waals surface area contributed by atoms with Crippen LogP contribution >= 0.6 is 0 Å². The molecule has 4 rings (SSSR count). The average Bonchev–Trinajstić information content (AvgIpc) is 3.10. The molecular formula is C27H37N3O8S. The zero-order valence-corrected chi connectivity index (χ0v) is 23.0. The van der Waals surface area contributed by atoms with Crippen molar-refractivity contribution < 1.29 is 38.4 Å². The van der Waals surface area contributed by atoms with Gasteiger partial charge in [0.05, 0.1) is 5.75 Å². The maximum Gasteiger partial charge on any atom is 0.335 e. The predicted molar refractivity (Wildman–Crippen MR) is 146 cm³/mol. The normalized spacial score (nSPS) is 20.1. The maximum atomic E-state index is 12.1. The van der Waals surface area contributed by atoms with E-state index in [1.807, 2.05) is 0 Å². The van der Waals surface area contributed by atoms with Crippen molar-refractivity contribution in [3.05, 3.63) is 65.2 Å². The molecule has 0 spiro atoms. The van der Waals surface area contributed by atoms with E-state index in [4.69, 9.17) is 20.4 Å². The van der Waals surface area contributed by atoms with Gasteiger partial charge in [-0.25, -0.2) is 18.0 Å². The van der Waals surface area contributed by atoms with Gasteiger partial charge in [-0.3, -0.25) is 0 Å². The van der Waals surface area contributed by atoms with Gasteiger partial charge in [-0.05, 0) is 55.8 Å². The molecule has 1 fully saturated rings. The third-order valence-electron chi connectivity index (χ3n) is 7.11. The first-order valence-electron chi connectivity index (χ1n) is 12.9. The zero-order valence-electron chi connectivity index (χ0n) is 22.2. The van der Waals surface area contributed by atoms with Crippen molar-refractivity contribution in [3.63, 3.8) is 0 Å². The number of nitrogens with zero attached hydrogens (tertiary/aromatic N) is 3. The van der Waals surface area contributed by atoms with E-state index in [1.54, 1.807) is 11.2 Å². The number of fused-ring (bicyclic) bond motifs is 1. The molecule has 2 aliphatic rings. The van der Waals surface area contributed by atoms with Crippen molar-refractivity contribution in [3.8, 4) is 0 Å². The van der Waals surface area contributed by atoms with Gasteiger partial charge in [-0.15, -0.1) is 0 Å². The number of aliphatic carboxylic acids is 2. The highest BCUT2D eigenvalue weighted by molar-refractivity contribution is 7.89. The third-order valence-corrected chi connectivity index (χ3v) is 8.99. The Hall–Kier alpha value is -3.03. The summed E-state index contributed by atoms with van der Waals surface area (Å²) >= 11 is 0. The number of hydrogen-bond acceptors (Lipinski definition) is 8. The van der Waals surface area contributed by atoms with Gasteiger partial charge in [0.2, 0.25) is 10.0 Å². The van der Waals surface area contributed by atoms with Crippen LogP contribution in [0.5, 0.6) is 0 Å². The molecule has 1 unspecified atom stereocenters. The predicted octanol–water partition coefficient (Wildman–Crippen LogP) is 1.00. The van der Waals surface area contributed by atoms with Gasteiger partial charge in [0.25, 0.3) is 0 Å². The molecule has 0 amide bonds. The van der Waals surface area contributed by atoms with Crippen LogP contribution in [-0.4, -0.2) is 108 Å². The number of piperazine rings is 1. The summed E-state index contributed by atoms with van der Waals surface area (Å²) in [5.74, 6) is -2.93. The lowest BCUT2D eigenvalue weighted by Gasteiger charge is -2.35. The largest absolute Gasteiger partial charge is 0.479 e. The maximum absolute atomic E-state index is 12.1. The molecule has 2 aromatic carbocycles. The molecular weight excluding hydrogens is 526 g/mol. The van der Waals surface area contributed by atoms with Crippen molar-refractivity contribution in [2.75, 3.05) is 50.4 Å². The standard InChI is InChI=1S/C23H31N3O2S.C4H6O6/c1-3-29(27,28)26-15-13-25(14-16-26)21-9-10-22-20(17-21)18-24(2)12-11-23(22)19-7-5-4-6-8-19;5-1(3(7)8)2(6)4(9)10/h4-10,17,23H,3,11-16,18H2,1-2H3;1-2,5-6H,(H,7,8)(H,9,10)/t;1-,2-/m.1/s1. The number of hydrogen-bond donors (Lipinski definition) is 4. The van der Waals surface area contributed by atoms with Crippen molar-refractivity contribution in [1.82, 2.24) is 9.21 Å². The van der Waals surface area contributed by atoms with E-state index in [-0.39, 0.29) is 5.75 Å². The number of carbonyl (C=O) groups is 2. The minimum Gasteiger partial charge on any atom is -0.479 e. The molecule has 2 aromatic rings. The summed E-state index contributed by atoms with van der Waals surface area (Å²) in [6, 6.07) is 17.7. The molecule has 0 aromatic heterocycles. The Morgan fingerprint density at radius 1 is 0.923 bits per heavy atom. The molecule has 2 heterocycles. The van der Waals surface area contributed by atoms with Crippen molar-refractivity contribution in [1.29, 1.82) is 0 Å². The topological polar surface area (TPSA) is 159 Å². The van der Waals surface area contributed by atoms with E-state index in [0.717, 1.165) is 32.6 Å². The fourth-order valence-electron chi connectivity index (χ4n) is 4.85. The Balaban J connectivity index is 0.000000360. The smallest absolute Gasteiger partial charge is 0.335 e. The number of rotatable bonds is 7. The van der Waals surface area contributed by atoms with E-state index < -0.39 is 34.2 Å². The summed E-state index contributed by atoms with van der Waals surface area (Å²) in [7, 11) is -0.899. The number of carboxylic acids is 2. The molecule has 11 nitrogen and oxygen atoms in total. The van der Waals surface area contributed by atoms with Crippen LogP contribution in [0.4, 0.5) is 5.69 Å². The Kier molecular flexibility index (Phi) is 10.4.